The Hall–Kier alpha value is -0.900. The zero-order chi connectivity index (χ0) is 13.2. The minimum atomic E-state index is -0.107. The van der Waals surface area contributed by atoms with Crippen LogP contribution in [0.1, 0.15) is 33.6 Å². The molecule has 0 saturated carbocycles. The number of fused-ring (bicyclic) bond motifs is 3. The van der Waals surface area contributed by atoms with E-state index in [1.54, 1.807) is 7.05 Å². The molecular weight excluding hydrogens is 228 g/mol. The van der Waals surface area contributed by atoms with Crippen molar-refractivity contribution in [1.29, 1.82) is 0 Å². The first kappa shape index (κ1) is 12.2. The Morgan fingerprint density at radius 2 is 1.78 bits per heavy atom. The van der Waals surface area contributed by atoms with Gasteiger partial charge in [0.15, 0.2) is 0 Å². The number of imide groups is 1. The number of hydrogen-bond acceptors (Lipinski definition) is 3. The molecule has 0 unspecified atom stereocenters. The molecule has 4 atom stereocenters. The average Bonchev–Trinajstić information content (AvgIpc) is 2.71. The van der Waals surface area contributed by atoms with Gasteiger partial charge in [-0.25, -0.2) is 0 Å². The maximum Gasteiger partial charge on any atom is 0.234 e. The second kappa shape index (κ2) is 3.56. The van der Waals surface area contributed by atoms with E-state index in [1.807, 2.05) is 0 Å². The molecule has 0 bridgehead atoms. The second-order valence-electron chi connectivity index (χ2n) is 6.80. The van der Waals surface area contributed by atoms with Crippen LogP contribution in [0.2, 0.25) is 0 Å². The zero-order valence-corrected chi connectivity index (χ0v) is 11.6. The Bertz CT molecular complexity index is 418. The summed E-state index contributed by atoms with van der Waals surface area (Å²) in [6.45, 7) is 7.64. The van der Waals surface area contributed by atoms with E-state index >= 15 is 0 Å². The average molecular weight is 250 g/mol. The summed E-state index contributed by atoms with van der Waals surface area (Å²) in [5.41, 5.74) is 0.132. The van der Waals surface area contributed by atoms with Crippen molar-refractivity contribution in [1.82, 2.24) is 9.80 Å². The van der Waals surface area contributed by atoms with Crippen LogP contribution in [0.15, 0.2) is 0 Å². The van der Waals surface area contributed by atoms with Gasteiger partial charge in [-0.2, -0.15) is 0 Å². The molecule has 4 nitrogen and oxygen atoms in total. The molecule has 3 rings (SSSR count). The SMILES string of the molecule is C[C@@H]1[C@H]2C(=O)N(C)C(=O)[C@H]2[C@@H]2N1CCCC2(C)C. The van der Waals surface area contributed by atoms with Gasteiger partial charge in [0.1, 0.15) is 0 Å². The molecule has 3 heterocycles. The Morgan fingerprint density at radius 1 is 1.17 bits per heavy atom. The number of carbonyl (C=O) groups is 2. The first-order valence-corrected chi connectivity index (χ1v) is 6.93. The summed E-state index contributed by atoms with van der Waals surface area (Å²) in [4.78, 5) is 28.4. The minimum absolute atomic E-state index is 0.0303. The predicted octanol–water partition coefficient (Wildman–Crippen LogP) is 1.11. The lowest BCUT2D eigenvalue weighted by Crippen LogP contribution is -2.52. The first-order chi connectivity index (χ1) is 8.36. The number of amides is 2. The Morgan fingerprint density at radius 3 is 2.44 bits per heavy atom. The highest BCUT2D eigenvalue weighted by Gasteiger charge is 2.63. The van der Waals surface area contributed by atoms with Gasteiger partial charge in [-0.1, -0.05) is 13.8 Å². The fourth-order valence-electron chi connectivity index (χ4n) is 4.51. The van der Waals surface area contributed by atoms with E-state index in [2.05, 4.69) is 25.7 Å². The number of nitrogens with zero attached hydrogens (tertiary/aromatic N) is 2. The van der Waals surface area contributed by atoms with Crippen molar-refractivity contribution in [3.05, 3.63) is 0 Å². The smallest absolute Gasteiger partial charge is 0.234 e. The van der Waals surface area contributed by atoms with Gasteiger partial charge in [0.05, 0.1) is 11.8 Å². The molecule has 4 heteroatoms. The molecule has 0 aliphatic carbocycles. The van der Waals surface area contributed by atoms with Gasteiger partial charge in [0, 0.05) is 19.1 Å². The third-order valence-electron chi connectivity index (χ3n) is 5.40. The van der Waals surface area contributed by atoms with E-state index in [-0.39, 0.29) is 41.1 Å². The van der Waals surface area contributed by atoms with E-state index < -0.39 is 0 Å². The van der Waals surface area contributed by atoms with Crippen LogP contribution in [0.25, 0.3) is 0 Å². The van der Waals surface area contributed by atoms with Crippen LogP contribution in [-0.2, 0) is 9.59 Å². The van der Waals surface area contributed by atoms with E-state index in [0.717, 1.165) is 13.0 Å². The van der Waals surface area contributed by atoms with Crippen LogP contribution >= 0.6 is 0 Å². The summed E-state index contributed by atoms with van der Waals surface area (Å²) < 4.78 is 0. The van der Waals surface area contributed by atoms with Crippen LogP contribution in [0.5, 0.6) is 0 Å². The van der Waals surface area contributed by atoms with Crippen molar-refractivity contribution in [2.45, 2.75) is 45.7 Å². The minimum Gasteiger partial charge on any atom is -0.296 e. The van der Waals surface area contributed by atoms with Crippen LogP contribution in [0.3, 0.4) is 0 Å². The van der Waals surface area contributed by atoms with Crippen molar-refractivity contribution >= 4 is 11.8 Å². The lowest BCUT2D eigenvalue weighted by atomic mass is 9.71. The number of piperidine rings is 1. The van der Waals surface area contributed by atoms with Gasteiger partial charge in [0.2, 0.25) is 11.8 Å². The molecule has 3 fully saturated rings. The molecule has 0 N–H and O–H groups in total. The van der Waals surface area contributed by atoms with Gasteiger partial charge >= 0.3 is 0 Å². The van der Waals surface area contributed by atoms with Crippen molar-refractivity contribution in [3.8, 4) is 0 Å². The second-order valence-corrected chi connectivity index (χ2v) is 6.80. The van der Waals surface area contributed by atoms with Crippen LogP contribution in [0, 0.1) is 17.3 Å². The summed E-state index contributed by atoms with van der Waals surface area (Å²) in [7, 11) is 1.63. The molecule has 3 saturated heterocycles. The maximum absolute atomic E-state index is 12.4. The summed E-state index contributed by atoms with van der Waals surface area (Å²) in [6.07, 6.45) is 2.32. The van der Waals surface area contributed by atoms with Crippen molar-refractivity contribution in [2.75, 3.05) is 13.6 Å². The molecule has 0 aromatic heterocycles. The molecule has 2 amide bonds. The van der Waals surface area contributed by atoms with Crippen LogP contribution in [-0.4, -0.2) is 47.3 Å². The molecule has 100 valence electrons. The number of hydrogen-bond donors (Lipinski definition) is 0. The van der Waals surface area contributed by atoms with E-state index in [0.29, 0.717) is 0 Å². The first-order valence-electron chi connectivity index (χ1n) is 6.93. The van der Waals surface area contributed by atoms with Crippen molar-refractivity contribution < 1.29 is 9.59 Å². The highest BCUT2D eigenvalue weighted by molar-refractivity contribution is 6.06. The third-order valence-corrected chi connectivity index (χ3v) is 5.40. The molecular formula is C14H22N2O2. The summed E-state index contributed by atoms with van der Waals surface area (Å²) in [5.74, 6) is -0.139. The van der Waals surface area contributed by atoms with Gasteiger partial charge in [-0.3, -0.25) is 19.4 Å². The summed E-state index contributed by atoms with van der Waals surface area (Å²) in [6, 6.07) is 0.452. The Labute approximate surface area is 108 Å². The molecule has 18 heavy (non-hydrogen) atoms. The lowest BCUT2D eigenvalue weighted by molar-refractivity contribution is -0.141. The van der Waals surface area contributed by atoms with Crippen molar-refractivity contribution in [2.24, 2.45) is 17.3 Å². The lowest BCUT2D eigenvalue weighted by Gasteiger charge is -2.46. The number of rotatable bonds is 0. The number of likely N-dealkylation sites (tertiary alicyclic amines) is 1. The van der Waals surface area contributed by atoms with Crippen molar-refractivity contribution in [3.63, 3.8) is 0 Å². The quantitative estimate of drug-likeness (QED) is 0.605. The standard InChI is InChI=1S/C14H22N2O2/c1-8-9-10(13(18)15(4)12(9)17)11-14(2,3)6-5-7-16(8)11/h8-11H,5-7H2,1-4H3/t8-,9-,10-,11+/m1/s1. The van der Waals surface area contributed by atoms with Gasteiger partial charge < -0.3 is 0 Å². The van der Waals surface area contributed by atoms with E-state index in [4.69, 9.17) is 0 Å². The summed E-state index contributed by atoms with van der Waals surface area (Å²) >= 11 is 0. The molecule has 0 aromatic carbocycles. The summed E-state index contributed by atoms with van der Waals surface area (Å²) in [5, 5.41) is 0. The molecule has 3 aliphatic heterocycles. The molecule has 0 radical (unpaired) electrons. The van der Waals surface area contributed by atoms with E-state index in [1.165, 1.54) is 11.3 Å². The molecule has 0 aromatic rings. The topological polar surface area (TPSA) is 40.6 Å². The largest absolute Gasteiger partial charge is 0.296 e. The van der Waals surface area contributed by atoms with E-state index in [9.17, 15) is 9.59 Å². The Kier molecular flexibility index (Phi) is 2.40. The van der Waals surface area contributed by atoms with Gasteiger partial charge in [-0.05, 0) is 31.7 Å². The van der Waals surface area contributed by atoms with Crippen LogP contribution in [0.4, 0.5) is 0 Å². The fourth-order valence-corrected chi connectivity index (χ4v) is 4.51. The van der Waals surface area contributed by atoms with Crippen LogP contribution < -0.4 is 0 Å². The highest BCUT2D eigenvalue weighted by Crippen LogP contribution is 2.51. The number of carbonyl (C=O) groups excluding carboxylic acids is 2. The fraction of sp³-hybridized carbons (Fsp3) is 0.857. The van der Waals surface area contributed by atoms with Gasteiger partial charge in [0.25, 0.3) is 0 Å². The maximum atomic E-state index is 12.4. The molecule has 0 spiro atoms. The normalized spacial score (nSPS) is 43.2. The molecule has 3 aliphatic rings. The monoisotopic (exact) mass is 250 g/mol. The zero-order valence-electron chi connectivity index (χ0n) is 11.6. The highest BCUT2D eigenvalue weighted by atomic mass is 16.2. The van der Waals surface area contributed by atoms with Gasteiger partial charge in [-0.15, -0.1) is 0 Å². The third kappa shape index (κ3) is 1.30. The Balaban J connectivity index is 2.05. The predicted molar refractivity (Wildman–Crippen MR) is 67.7 cm³/mol.